The number of hydrogen-bond donors (Lipinski definition) is 1. The van der Waals surface area contributed by atoms with Crippen LogP contribution in [0.2, 0.25) is 0 Å². The third-order valence-electron chi connectivity index (χ3n) is 3.51. The number of carbonyl (C=O) groups excluding carboxylic acids is 1. The zero-order chi connectivity index (χ0) is 16.9. The Morgan fingerprint density at radius 3 is 2.50 bits per heavy atom. The monoisotopic (exact) mass is 340 g/mol. The molecule has 0 aliphatic heterocycles. The van der Waals surface area contributed by atoms with Crippen LogP contribution in [0.5, 0.6) is 0 Å². The Morgan fingerprint density at radius 2 is 1.83 bits per heavy atom. The van der Waals surface area contributed by atoms with E-state index in [9.17, 15) is 9.00 Å². The number of hydrogen-bond acceptors (Lipinski definition) is 4. The van der Waals surface area contributed by atoms with Gasteiger partial charge in [0.1, 0.15) is 6.33 Å². The number of carbonyl (C=O) groups is 1. The van der Waals surface area contributed by atoms with Gasteiger partial charge in [-0.1, -0.05) is 18.2 Å². The zero-order valence-corrected chi connectivity index (χ0v) is 13.9. The predicted octanol–water partition coefficient (Wildman–Crippen LogP) is 1.93. The molecule has 6 nitrogen and oxygen atoms in total. The van der Waals surface area contributed by atoms with Gasteiger partial charge in [0, 0.05) is 33.2 Å². The molecule has 0 bridgehead atoms. The van der Waals surface area contributed by atoms with E-state index in [1.54, 1.807) is 36.8 Å². The summed E-state index contributed by atoms with van der Waals surface area (Å²) in [7, 11) is -1.06. The lowest BCUT2D eigenvalue weighted by molar-refractivity contribution is 0.0949. The molecule has 1 heterocycles. The topological polar surface area (TPSA) is 76.9 Å². The summed E-state index contributed by atoms with van der Waals surface area (Å²) in [5.74, 6) is 0.423. The summed E-state index contributed by atoms with van der Waals surface area (Å²) >= 11 is 0. The Bertz CT molecular complexity index is 860. The maximum Gasteiger partial charge on any atom is 0.251 e. The summed E-state index contributed by atoms with van der Waals surface area (Å²) < 4.78 is 13.2. The van der Waals surface area contributed by atoms with Gasteiger partial charge in [0.15, 0.2) is 5.82 Å². The molecule has 0 aliphatic carbocycles. The quantitative estimate of drug-likeness (QED) is 0.770. The molecule has 1 N–H and O–H groups in total. The molecule has 3 aromatic rings. The molecule has 1 amide bonds. The SMILES string of the molecule is CS(=O)c1ccc(C(=O)NCc2nncn2-c2ccccc2)cc1. The molecule has 122 valence electrons. The summed E-state index contributed by atoms with van der Waals surface area (Å²) in [5.41, 5.74) is 1.44. The molecule has 1 aromatic heterocycles. The molecule has 0 radical (unpaired) electrons. The fourth-order valence-corrected chi connectivity index (χ4v) is 2.76. The van der Waals surface area contributed by atoms with Crippen LogP contribution in [0.15, 0.2) is 65.8 Å². The van der Waals surface area contributed by atoms with E-state index in [1.165, 1.54) is 0 Å². The van der Waals surface area contributed by atoms with Gasteiger partial charge in [-0.25, -0.2) is 0 Å². The predicted molar refractivity (Wildman–Crippen MR) is 91.3 cm³/mol. The van der Waals surface area contributed by atoms with E-state index >= 15 is 0 Å². The van der Waals surface area contributed by atoms with Crippen molar-refractivity contribution in [2.75, 3.05) is 6.26 Å². The van der Waals surface area contributed by atoms with Crippen LogP contribution in [-0.2, 0) is 17.3 Å². The summed E-state index contributed by atoms with van der Waals surface area (Å²) in [5, 5.41) is 10.8. The maximum atomic E-state index is 12.2. The van der Waals surface area contributed by atoms with Crippen molar-refractivity contribution < 1.29 is 9.00 Å². The second-order valence-corrected chi connectivity index (χ2v) is 6.49. The minimum atomic E-state index is -1.06. The highest BCUT2D eigenvalue weighted by Gasteiger charge is 2.10. The van der Waals surface area contributed by atoms with E-state index in [0.29, 0.717) is 16.3 Å². The van der Waals surface area contributed by atoms with Gasteiger partial charge in [-0.05, 0) is 36.4 Å². The first-order valence-electron chi connectivity index (χ1n) is 7.31. The number of benzene rings is 2. The van der Waals surface area contributed by atoms with Crippen LogP contribution in [0, 0.1) is 0 Å². The highest BCUT2D eigenvalue weighted by atomic mass is 32.2. The van der Waals surface area contributed by atoms with E-state index < -0.39 is 10.8 Å². The van der Waals surface area contributed by atoms with Gasteiger partial charge < -0.3 is 5.32 Å². The van der Waals surface area contributed by atoms with Crippen molar-refractivity contribution in [3.8, 4) is 5.69 Å². The normalized spacial score (nSPS) is 11.9. The van der Waals surface area contributed by atoms with E-state index in [0.717, 1.165) is 5.69 Å². The molecule has 7 heteroatoms. The first-order chi connectivity index (χ1) is 11.6. The van der Waals surface area contributed by atoms with Gasteiger partial charge in [0.25, 0.3) is 5.91 Å². The molecule has 0 spiro atoms. The smallest absolute Gasteiger partial charge is 0.251 e. The minimum Gasteiger partial charge on any atom is -0.345 e. The highest BCUT2D eigenvalue weighted by molar-refractivity contribution is 7.84. The third kappa shape index (κ3) is 3.57. The van der Waals surface area contributed by atoms with E-state index in [4.69, 9.17) is 0 Å². The van der Waals surface area contributed by atoms with Crippen LogP contribution in [0.25, 0.3) is 5.69 Å². The first kappa shape index (κ1) is 16.1. The van der Waals surface area contributed by atoms with Crippen molar-refractivity contribution in [2.45, 2.75) is 11.4 Å². The van der Waals surface area contributed by atoms with Crippen LogP contribution >= 0.6 is 0 Å². The lowest BCUT2D eigenvalue weighted by atomic mass is 10.2. The van der Waals surface area contributed by atoms with Crippen molar-refractivity contribution in [3.63, 3.8) is 0 Å². The van der Waals surface area contributed by atoms with Crippen molar-refractivity contribution in [2.24, 2.45) is 0 Å². The molecule has 1 unspecified atom stereocenters. The van der Waals surface area contributed by atoms with Crippen molar-refractivity contribution in [3.05, 3.63) is 72.3 Å². The molecule has 0 saturated heterocycles. The van der Waals surface area contributed by atoms with Crippen LogP contribution in [0.3, 0.4) is 0 Å². The number of aromatic nitrogens is 3. The van der Waals surface area contributed by atoms with Crippen LogP contribution in [-0.4, -0.2) is 31.1 Å². The van der Waals surface area contributed by atoms with Gasteiger partial charge >= 0.3 is 0 Å². The van der Waals surface area contributed by atoms with Crippen LogP contribution in [0.1, 0.15) is 16.2 Å². The Kier molecular flexibility index (Phi) is 4.81. The first-order valence-corrected chi connectivity index (χ1v) is 8.87. The number of para-hydroxylation sites is 1. The van der Waals surface area contributed by atoms with Gasteiger partial charge in [-0.15, -0.1) is 10.2 Å². The van der Waals surface area contributed by atoms with Crippen LogP contribution in [0.4, 0.5) is 0 Å². The lowest BCUT2D eigenvalue weighted by Gasteiger charge is -2.08. The van der Waals surface area contributed by atoms with E-state index in [2.05, 4.69) is 15.5 Å². The minimum absolute atomic E-state index is 0.217. The summed E-state index contributed by atoms with van der Waals surface area (Å²) in [6.07, 6.45) is 3.22. The average Bonchev–Trinajstić information content (AvgIpc) is 3.09. The standard InChI is InChI=1S/C17H16N4O2S/c1-24(23)15-9-7-13(8-10-15)17(22)18-11-16-20-19-12-21(16)14-5-3-2-4-6-14/h2-10,12H,11H2,1H3,(H,18,22). The molecule has 0 saturated carbocycles. The number of rotatable bonds is 5. The summed E-state index contributed by atoms with van der Waals surface area (Å²) in [6.45, 7) is 0.259. The zero-order valence-electron chi connectivity index (χ0n) is 13.0. The molecular formula is C17H16N4O2S. The van der Waals surface area contributed by atoms with Gasteiger partial charge in [-0.2, -0.15) is 0 Å². The molecule has 0 fully saturated rings. The Labute approximate surface area is 142 Å². The summed E-state index contributed by atoms with van der Waals surface area (Å²) in [4.78, 5) is 12.9. The highest BCUT2D eigenvalue weighted by Crippen LogP contribution is 2.10. The molecular weight excluding hydrogens is 324 g/mol. The Balaban J connectivity index is 1.69. The number of nitrogens with one attached hydrogen (secondary N) is 1. The summed E-state index contributed by atoms with van der Waals surface area (Å²) in [6, 6.07) is 16.4. The second kappa shape index (κ2) is 7.18. The Morgan fingerprint density at radius 1 is 1.12 bits per heavy atom. The van der Waals surface area contributed by atoms with E-state index in [-0.39, 0.29) is 12.5 Å². The maximum absolute atomic E-state index is 12.2. The van der Waals surface area contributed by atoms with Gasteiger partial charge in [0.2, 0.25) is 0 Å². The Hall–Kier alpha value is -2.80. The fraction of sp³-hybridized carbons (Fsp3) is 0.118. The largest absolute Gasteiger partial charge is 0.345 e. The van der Waals surface area contributed by atoms with E-state index in [1.807, 2.05) is 34.9 Å². The third-order valence-corrected chi connectivity index (χ3v) is 4.44. The number of nitrogens with zero attached hydrogens (tertiary/aromatic N) is 3. The van der Waals surface area contributed by atoms with Crippen molar-refractivity contribution in [1.82, 2.24) is 20.1 Å². The molecule has 24 heavy (non-hydrogen) atoms. The molecule has 3 rings (SSSR count). The average molecular weight is 340 g/mol. The molecule has 0 aliphatic rings. The second-order valence-electron chi connectivity index (χ2n) is 5.11. The number of amides is 1. The van der Waals surface area contributed by atoms with Gasteiger partial charge in [-0.3, -0.25) is 13.6 Å². The lowest BCUT2D eigenvalue weighted by Crippen LogP contribution is -2.24. The van der Waals surface area contributed by atoms with Crippen molar-refractivity contribution >= 4 is 16.7 Å². The van der Waals surface area contributed by atoms with Crippen molar-refractivity contribution in [1.29, 1.82) is 0 Å². The van der Waals surface area contributed by atoms with Crippen LogP contribution < -0.4 is 5.32 Å². The van der Waals surface area contributed by atoms with Gasteiger partial charge in [0.05, 0.1) is 6.54 Å². The fourth-order valence-electron chi connectivity index (χ4n) is 2.24. The molecule has 1 atom stereocenters. The molecule has 2 aromatic carbocycles.